The number of imidazole rings is 1. The predicted octanol–water partition coefficient (Wildman–Crippen LogP) is 2.91. The maximum absolute atomic E-state index is 9.67. The molecule has 0 radical (unpaired) electrons. The van der Waals surface area contributed by atoms with Gasteiger partial charge in [-0.2, -0.15) is 0 Å². The van der Waals surface area contributed by atoms with Crippen LogP contribution in [-0.2, 0) is 17.7 Å². The molecule has 1 atom stereocenters. The Labute approximate surface area is 134 Å². The van der Waals surface area contributed by atoms with Crippen LogP contribution in [0.15, 0.2) is 42.6 Å². The molecule has 1 fully saturated rings. The van der Waals surface area contributed by atoms with E-state index in [0.717, 1.165) is 48.5 Å². The van der Waals surface area contributed by atoms with Gasteiger partial charge >= 0.3 is 0 Å². The smallest absolute Gasteiger partial charge is 0.160 e. The summed E-state index contributed by atoms with van der Waals surface area (Å²) in [7, 11) is 0. The normalized spacial score (nSPS) is 17.8. The summed E-state index contributed by atoms with van der Waals surface area (Å²) in [6.45, 7) is 1.62. The molecule has 0 spiro atoms. The zero-order valence-corrected chi connectivity index (χ0v) is 12.9. The first-order chi connectivity index (χ1) is 11.3. The van der Waals surface area contributed by atoms with Crippen LogP contribution < -0.4 is 0 Å². The summed E-state index contributed by atoms with van der Waals surface area (Å²) in [5, 5.41) is 9.67. The maximum Gasteiger partial charge on any atom is 0.160 e. The van der Waals surface area contributed by atoms with Crippen LogP contribution in [0, 0.1) is 0 Å². The molecule has 3 aromatic rings. The summed E-state index contributed by atoms with van der Waals surface area (Å²) in [5.74, 6) is 1.24. The Kier molecular flexibility index (Phi) is 3.71. The molecule has 3 heterocycles. The minimum atomic E-state index is 0.234. The van der Waals surface area contributed by atoms with Gasteiger partial charge in [-0.15, -0.1) is 0 Å². The highest BCUT2D eigenvalue weighted by atomic mass is 16.5. The van der Waals surface area contributed by atoms with Crippen LogP contribution in [0.3, 0.4) is 0 Å². The fourth-order valence-electron chi connectivity index (χ4n) is 3.17. The van der Waals surface area contributed by atoms with Crippen LogP contribution in [0.25, 0.3) is 11.2 Å². The molecule has 0 saturated carbocycles. The van der Waals surface area contributed by atoms with Crippen molar-refractivity contribution < 1.29 is 9.84 Å². The average Bonchev–Trinajstić information content (AvgIpc) is 3.17. The van der Waals surface area contributed by atoms with Crippen LogP contribution in [0.5, 0.6) is 5.75 Å². The molecular weight excluding hydrogens is 290 g/mol. The van der Waals surface area contributed by atoms with Crippen molar-refractivity contribution in [1.29, 1.82) is 0 Å². The fraction of sp³-hybridized carbons (Fsp3) is 0.333. The molecule has 1 aromatic carbocycles. The lowest BCUT2D eigenvalue weighted by Gasteiger charge is -2.13. The summed E-state index contributed by atoms with van der Waals surface area (Å²) < 4.78 is 7.95. The Morgan fingerprint density at radius 2 is 2.22 bits per heavy atom. The molecule has 0 bridgehead atoms. The van der Waals surface area contributed by atoms with E-state index >= 15 is 0 Å². The van der Waals surface area contributed by atoms with Crippen LogP contribution in [0.1, 0.15) is 24.2 Å². The summed E-state index contributed by atoms with van der Waals surface area (Å²) >= 11 is 0. The number of benzene rings is 1. The van der Waals surface area contributed by atoms with Crippen molar-refractivity contribution in [3.8, 4) is 5.75 Å². The summed E-state index contributed by atoms with van der Waals surface area (Å²) in [4.78, 5) is 9.24. The Morgan fingerprint density at radius 1 is 1.26 bits per heavy atom. The lowest BCUT2D eigenvalue weighted by atomic mass is 10.1. The van der Waals surface area contributed by atoms with E-state index in [1.54, 1.807) is 18.3 Å². The molecule has 0 amide bonds. The highest BCUT2D eigenvalue weighted by Gasteiger charge is 2.20. The van der Waals surface area contributed by atoms with Gasteiger partial charge in [0.25, 0.3) is 0 Å². The molecule has 1 N–H and O–H groups in total. The quantitative estimate of drug-likeness (QED) is 0.805. The van der Waals surface area contributed by atoms with Crippen LogP contribution in [-0.4, -0.2) is 32.4 Å². The topological polar surface area (TPSA) is 60.2 Å². The van der Waals surface area contributed by atoms with Crippen molar-refractivity contribution >= 4 is 11.2 Å². The first-order valence-electron chi connectivity index (χ1n) is 7.99. The predicted molar refractivity (Wildman–Crippen MR) is 87.4 cm³/mol. The molecule has 2 aromatic heterocycles. The third kappa shape index (κ3) is 2.92. The molecule has 1 aliphatic heterocycles. The minimum Gasteiger partial charge on any atom is -0.508 e. The van der Waals surface area contributed by atoms with E-state index in [1.165, 1.54) is 0 Å². The van der Waals surface area contributed by atoms with E-state index in [4.69, 9.17) is 9.72 Å². The van der Waals surface area contributed by atoms with Gasteiger partial charge in [-0.25, -0.2) is 9.97 Å². The lowest BCUT2D eigenvalue weighted by molar-refractivity contribution is 0.0971. The molecule has 5 heteroatoms. The number of rotatable bonds is 4. The highest BCUT2D eigenvalue weighted by molar-refractivity contribution is 5.71. The van der Waals surface area contributed by atoms with Crippen molar-refractivity contribution in [2.75, 3.05) is 6.61 Å². The van der Waals surface area contributed by atoms with Gasteiger partial charge in [-0.3, -0.25) is 0 Å². The Bertz CT molecular complexity index is 822. The van der Waals surface area contributed by atoms with Gasteiger partial charge in [-0.1, -0.05) is 12.1 Å². The minimum absolute atomic E-state index is 0.234. The number of nitrogens with zero attached hydrogens (tertiary/aromatic N) is 3. The number of phenols is 1. The second kappa shape index (κ2) is 6.01. The van der Waals surface area contributed by atoms with Crippen molar-refractivity contribution in [1.82, 2.24) is 14.5 Å². The Morgan fingerprint density at radius 3 is 3.04 bits per heavy atom. The first-order valence-corrected chi connectivity index (χ1v) is 7.99. The molecule has 1 unspecified atom stereocenters. The van der Waals surface area contributed by atoms with E-state index in [9.17, 15) is 5.11 Å². The maximum atomic E-state index is 9.67. The standard InChI is InChI=1S/C18H19N3O2/c22-14-5-1-4-13(10-14)11-17-20-16-7-2-8-19-18(16)21(17)12-15-6-3-9-23-15/h1-2,4-5,7-8,10,15,22H,3,6,9,11-12H2. The van der Waals surface area contributed by atoms with Crippen molar-refractivity contribution in [3.63, 3.8) is 0 Å². The lowest BCUT2D eigenvalue weighted by Crippen LogP contribution is -2.17. The number of phenolic OH excluding ortho intramolecular Hbond substituents is 1. The van der Waals surface area contributed by atoms with Gasteiger partial charge in [0, 0.05) is 19.2 Å². The second-order valence-electron chi connectivity index (χ2n) is 5.97. The number of fused-ring (bicyclic) bond motifs is 1. The third-order valence-electron chi connectivity index (χ3n) is 4.27. The molecule has 5 nitrogen and oxygen atoms in total. The summed E-state index contributed by atoms with van der Waals surface area (Å²) in [6, 6.07) is 11.2. The van der Waals surface area contributed by atoms with Crippen LogP contribution in [0.4, 0.5) is 0 Å². The van der Waals surface area contributed by atoms with Crippen molar-refractivity contribution in [2.45, 2.75) is 31.9 Å². The van der Waals surface area contributed by atoms with Crippen molar-refractivity contribution in [2.24, 2.45) is 0 Å². The van der Waals surface area contributed by atoms with E-state index in [0.29, 0.717) is 6.42 Å². The summed E-state index contributed by atoms with van der Waals surface area (Å²) in [5.41, 5.74) is 2.84. The SMILES string of the molecule is Oc1cccc(Cc2nc3cccnc3n2CC2CCCO2)c1. The zero-order chi connectivity index (χ0) is 15.6. The van der Waals surface area contributed by atoms with Crippen LogP contribution in [0.2, 0.25) is 0 Å². The van der Waals surface area contributed by atoms with Gasteiger partial charge in [0.2, 0.25) is 0 Å². The highest BCUT2D eigenvalue weighted by Crippen LogP contribution is 2.22. The van der Waals surface area contributed by atoms with Gasteiger partial charge in [0.1, 0.15) is 17.1 Å². The van der Waals surface area contributed by atoms with E-state index in [-0.39, 0.29) is 11.9 Å². The van der Waals surface area contributed by atoms with E-state index < -0.39 is 0 Å². The molecule has 0 aliphatic carbocycles. The molecule has 1 aliphatic rings. The van der Waals surface area contributed by atoms with Gasteiger partial charge in [0.05, 0.1) is 12.6 Å². The van der Waals surface area contributed by atoms with Gasteiger partial charge < -0.3 is 14.4 Å². The average molecular weight is 309 g/mol. The Balaban J connectivity index is 1.72. The number of aromatic hydroxyl groups is 1. The number of aromatic nitrogens is 3. The molecule has 1 saturated heterocycles. The number of ether oxygens (including phenoxy) is 1. The number of hydrogen-bond acceptors (Lipinski definition) is 4. The molecular formula is C18H19N3O2. The monoisotopic (exact) mass is 309 g/mol. The summed E-state index contributed by atoms with van der Waals surface area (Å²) in [6.07, 6.45) is 4.90. The second-order valence-corrected chi connectivity index (χ2v) is 5.97. The molecule has 4 rings (SSSR count). The Hall–Kier alpha value is -2.40. The first kappa shape index (κ1) is 14.2. The van der Waals surface area contributed by atoms with Crippen molar-refractivity contribution in [3.05, 3.63) is 54.0 Å². The van der Waals surface area contributed by atoms with Gasteiger partial charge in [-0.05, 0) is 42.7 Å². The van der Waals surface area contributed by atoms with Crippen LogP contribution >= 0.6 is 0 Å². The fourth-order valence-corrected chi connectivity index (χ4v) is 3.17. The molecule has 118 valence electrons. The van der Waals surface area contributed by atoms with E-state index in [1.807, 2.05) is 24.3 Å². The third-order valence-corrected chi connectivity index (χ3v) is 4.27. The molecule has 23 heavy (non-hydrogen) atoms. The number of hydrogen-bond donors (Lipinski definition) is 1. The number of pyridine rings is 1. The van der Waals surface area contributed by atoms with Gasteiger partial charge in [0.15, 0.2) is 5.65 Å². The van der Waals surface area contributed by atoms with E-state index in [2.05, 4.69) is 9.55 Å². The zero-order valence-electron chi connectivity index (χ0n) is 12.9. The largest absolute Gasteiger partial charge is 0.508 e.